The van der Waals surface area contributed by atoms with Crippen LogP contribution in [-0.2, 0) is 17.6 Å². The van der Waals surface area contributed by atoms with Crippen molar-refractivity contribution in [3.8, 4) is 0 Å². The van der Waals surface area contributed by atoms with Crippen molar-refractivity contribution in [2.45, 2.75) is 31.6 Å². The van der Waals surface area contributed by atoms with Crippen molar-refractivity contribution in [1.82, 2.24) is 10.1 Å². The Kier molecular flexibility index (Phi) is 4.44. The molecule has 4 rings (SSSR count). The van der Waals surface area contributed by atoms with Gasteiger partial charge in [-0.1, -0.05) is 28.9 Å². The zero-order chi connectivity index (χ0) is 18.3. The Hall–Kier alpha value is -2.34. The molecule has 1 aliphatic carbocycles. The number of fused-ring (bicyclic) bond motifs is 1. The van der Waals surface area contributed by atoms with Crippen LogP contribution in [0.25, 0.3) is 0 Å². The molecule has 1 aliphatic heterocycles. The van der Waals surface area contributed by atoms with Gasteiger partial charge in [-0.15, -0.1) is 0 Å². The largest absolute Gasteiger partial charge is 0.481 e. The van der Waals surface area contributed by atoms with Crippen LogP contribution in [0.5, 0.6) is 0 Å². The van der Waals surface area contributed by atoms with Crippen LogP contribution in [-0.4, -0.2) is 40.1 Å². The van der Waals surface area contributed by atoms with Gasteiger partial charge in [0.25, 0.3) is 5.91 Å². The maximum atomic E-state index is 13.0. The van der Waals surface area contributed by atoms with Crippen LogP contribution in [0.3, 0.4) is 0 Å². The van der Waals surface area contributed by atoms with E-state index in [-0.39, 0.29) is 18.4 Å². The van der Waals surface area contributed by atoms with Crippen LogP contribution in [0.2, 0.25) is 5.02 Å². The summed E-state index contributed by atoms with van der Waals surface area (Å²) in [5.74, 6) is -1.26. The van der Waals surface area contributed by atoms with Gasteiger partial charge >= 0.3 is 5.97 Å². The van der Waals surface area contributed by atoms with E-state index in [4.69, 9.17) is 16.1 Å². The highest BCUT2D eigenvalue weighted by Gasteiger charge is 2.42. The lowest BCUT2D eigenvalue weighted by molar-refractivity contribution is -0.141. The SMILES string of the molecule is O=C(O)[C@@H]1CN(C(=O)c2noc3c2CCCC3)C[C@H]1c1ccc(Cl)cc1. The second-order valence-electron chi connectivity index (χ2n) is 6.95. The van der Waals surface area contributed by atoms with E-state index in [1.807, 2.05) is 12.1 Å². The number of benzene rings is 1. The van der Waals surface area contributed by atoms with Crippen LogP contribution < -0.4 is 0 Å². The number of carboxylic acid groups (broad SMARTS) is 1. The molecule has 0 saturated carbocycles. The van der Waals surface area contributed by atoms with Gasteiger partial charge in [0, 0.05) is 36.0 Å². The number of rotatable bonds is 3. The van der Waals surface area contributed by atoms with Gasteiger partial charge in [-0.3, -0.25) is 9.59 Å². The van der Waals surface area contributed by atoms with E-state index < -0.39 is 11.9 Å². The monoisotopic (exact) mass is 374 g/mol. The minimum atomic E-state index is -0.901. The first-order valence-electron chi connectivity index (χ1n) is 8.79. The maximum absolute atomic E-state index is 13.0. The summed E-state index contributed by atoms with van der Waals surface area (Å²) in [7, 11) is 0. The lowest BCUT2D eigenvalue weighted by Crippen LogP contribution is -2.31. The number of aliphatic carboxylic acids is 1. The first-order valence-corrected chi connectivity index (χ1v) is 9.17. The summed E-state index contributed by atoms with van der Waals surface area (Å²) in [4.78, 5) is 26.3. The van der Waals surface area contributed by atoms with Crippen LogP contribution in [0, 0.1) is 5.92 Å². The minimum Gasteiger partial charge on any atom is -0.481 e. The van der Waals surface area contributed by atoms with Crippen molar-refractivity contribution < 1.29 is 19.2 Å². The Morgan fingerprint density at radius 3 is 2.62 bits per heavy atom. The van der Waals surface area contributed by atoms with Gasteiger partial charge in [-0.05, 0) is 37.0 Å². The fourth-order valence-corrected chi connectivity index (χ4v) is 4.10. The molecule has 136 valence electrons. The summed E-state index contributed by atoms with van der Waals surface area (Å²) >= 11 is 5.93. The second-order valence-corrected chi connectivity index (χ2v) is 7.39. The van der Waals surface area contributed by atoms with Crippen LogP contribution >= 0.6 is 11.6 Å². The Morgan fingerprint density at radius 1 is 1.15 bits per heavy atom. The number of carbonyl (C=O) groups excluding carboxylic acids is 1. The molecule has 7 heteroatoms. The predicted octanol–water partition coefficient (Wildman–Crippen LogP) is 3.15. The van der Waals surface area contributed by atoms with Crippen molar-refractivity contribution >= 4 is 23.5 Å². The lowest BCUT2D eigenvalue weighted by Gasteiger charge is -2.16. The number of carboxylic acids is 1. The number of hydrogen-bond donors (Lipinski definition) is 1. The van der Waals surface area contributed by atoms with Gasteiger partial charge in [-0.2, -0.15) is 0 Å². The molecule has 0 spiro atoms. The number of nitrogens with zero attached hydrogens (tertiary/aromatic N) is 2. The fourth-order valence-electron chi connectivity index (χ4n) is 3.97. The van der Waals surface area contributed by atoms with Gasteiger partial charge in [0.15, 0.2) is 5.69 Å². The highest BCUT2D eigenvalue weighted by molar-refractivity contribution is 6.30. The average Bonchev–Trinajstić information content (AvgIpc) is 3.26. The summed E-state index contributed by atoms with van der Waals surface area (Å²) in [5.41, 5.74) is 2.11. The van der Waals surface area contributed by atoms with E-state index in [1.165, 1.54) is 0 Å². The number of aryl methyl sites for hydroxylation is 1. The Labute approximate surface area is 155 Å². The molecule has 2 aliphatic rings. The van der Waals surface area contributed by atoms with Crippen molar-refractivity contribution in [1.29, 1.82) is 0 Å². The fraction of sp³-hybridized carbons (Fsp3) is 0.421. The van der Waals surface area contributed by atoms with Crippen LogP contribution in [0.15, 0.2) is 28.8 Å². The Balaban J connectivity index is 1.60. The van der Waals surface area contributed by atoms with E-state index >= 15 is 0 Å². The number of hydrogen-bond acceptors (Lipinski definition) is 4. The standard InChI is InChI=1S/C19H19ClN2O4/c20-12-7-5-11(6-8-12)14-9-22(10-15(14)19(24)25)18(23)17-13-3-1-2-4-16(13)26-21-17/h5-8,14-15H,1-4,9-10H2,(H,24,25)/t14-,15+/m0/s1. The number of amides is 1. The predicted molar refractivity (Wildman–Crippen MR) is 94.4 cm³/mol. The molecule has 1 saturated heterocycles. The molecular formula is C19H19ClN2O4. The van der Waals surface area contributed by atoms with Crippen molar-refractivity contribution in [3.05, 3.63) is 51.9 Å². The molecule has 0 radical (unpaired) electrons. The normalized spacial score (nSPS) is 22.3. The molecular weight excluding hydrogens is 356 g/mol. The van der Waals surface area contributed by atoms with E-state index in [9.17, 15) is 14.7 Å². The highest BCUT2D eigenvalue weighted by Crippen LogP contribution is 2.35. The molecule has 1 fully saturated rings. The molecule has 1 N–H and O–H groups in total. The van der Waals surface area contributed by atoms with E-state index in [2.05, 4.69) is 5.16 Å². The molecule has 26 heavy (non-hydrogen) atoms. The third-order valence-electron chi connectivity index (χ3n) is 5.38. The average molecular weight is 375 g/mol. The van der Waals surface area contributed by atoms with Crippen molar-refractivity contribution in [3.63, 3.8) is 0 Å². The van der Waals surface area contributed by atoms with Gasteiger partial charge in [0.1, 0.15) is 5.76 Å². The molecule has 1 amide bonds. The molecule has 2 atom stereocenters. The summed E-state index contributed by atoms with van der Waals surface area (Å²) < 4.78 is 5.34. The first-order chi connectivity index (χ1) is 12.5. The lowest BCUT2D eigenvalue weighted by atomic mass is 9.89. The second kappa shape index (κ2) is 6.76. The maximum Gasteiger partial charge on any atom is 0.308 e. The van der Waals surface area contributed by atoms with Gasteiger partial charge in [0.2, 0.25) is 0 Å². The summed E-state index contributed by atoms with van der Waals surface area (Å²) in [6, 6.07) is 7.15. The Bertz CT molecular complexity index is 846. The number of aromatic nitrogens is 1. The molecule has 0 unspecified atom stereocenters. The van der Waals surface area contributed by atoms with E-state index in [0.717, 1.165) is 42.6 Å². The molecule has 2 aromatic rings. The van der Waals surface area contributed by atoms with Crippen molar-refractivity contribution in [2.24, 2.45) is 5.92 Å². The zero-order valence-corrected chi connectivity index (χ0v) is 14.9. The molecule has 1 aromatic heterocycles. The van der Waals surface area contributed by atoms with Gasteiger partial charge < -0.3 is 14.5 Å². The summed E-state index contributed by atoms with van der Waals surface area (Å²) in [6.45, 7) is 0.516. The van der Waals surface area contributed by atoms with E-state index in [1.54, 1.807) is 17.0 Å². The van der Waals surface area contributed by atoms with Gasteiger partial charge in [-0.25, -0.2) is 0 Å². The van der Waals surface area contributed by atoms with Gasteiger partial charge in [0.05, 0.1) is 5.92 Å². The molecule has 0 bridgehead atoms. The number of halogens is 1. The van der Waals surface area contributed by atoms with Crippen molar-refractivity contribution in [2.75, 3.05) is 13.1 Å². The molecule has 6 nitrogen and oxygen atoms in total. The number of carbonyl (C=O) groups is 2. The Morgan fingerprint density at radius 2 is 1.88 bits per heavy atom. The first kappa shape index (κ1) is 17.1. The smallest absolute Gasteiger partial charge is 0.308 e. The van der Waals surface area contributed by atoms with Crippen LogP contribution in [0.4, 0.5) is 0 Å². The topological polar surface area (TPSA) is 83.6 Å². The molecule has 2 heterocycles. The minimum absolute atomic E-state index is 0.170. The quantitative estimate of drug-likeness (QED) is 0.892. The summed E-state index contributed by atoms with van der Waals surface area (Å²) in [5, 5.41) is 14.2. The molecule has 1 aromatic carbocycles. The van der Waals surface area contributed by atoms with Crippen LogP contribution in [0.1, 0.15) is 46.1 Å². The third kappa shape index (κ3) is 2.98. The third-order valence-corrected chi connectivity index (χ3v) is 5.63. The highest BCUT2D eigenvalue weighted by atomic mass is 35.5. The zero-order valence-electron chi connectivity index (χ0n) is 14.2. The van der Waals surface area contributed by atoms with E-state index in [0.29, 0.717) is 17.3 Å². The number of likely N-dealkylation sites (tertiary alicyclic amines) is 1. The summed E-state index contributed by atoms with van der Waals surface area (Å²) in [6.07, 6.45) is 3.65.